The van der Waals surface area contributed by atoms with Crippen LogP contribution in [0.4, 0.5) is 4.39 Å². The Morgan fingerprint density at radius 2 is 2.13 bits per heavy atom. The molecule has 1 aliphatic heterocycles. The second-order valence-electron chi connectivity index (χ2n) is 4.95. The molecule has 0 aliphatic carbocycles. The zero-order valence-corrected chi connectivity index (χ0v) is 13.2. The van der Waals surface area contributed by atoms with Gasteiger partial charge in [0.15, 0.2) is 5.17 Å². The minimum Gasteiger partial charge on any atom is -0.463 e. The minimum absolute atomic E-state index is 0.0359. The number of nitrogens with zero attached hydrogens (tertiary/aromatic N) is 3. The van der Waals surface area contributed by atoms with E-state index < -0.39 is 0 Å². The van der Waals surface area contributed by atoms with Gasteiger partial charge in [-0.3, -0.25) is 9.69 Å². The van der Waals surface area contributed by atoms with Gasteiger partial charge in [-0.25, -0.2) is 4.39 Å². The summed E-state index contributed by atoms with van der Waals surface area (Å²) in [5.41, 5.74) is 0.831. The molecule has 0 saturated carbocycles. The number of hydrogen-bond acceptors (Lipinski definition) is 5. The van der Waals surface area contributed by atoms with Gasteiger partial charge in [0.2, 0.25) is 5.91 Å². The van der Waals surface area contributed by atoms with Crippen LogP contribution in [0.2, 0.25) is 0 Å². The van der Waals surface area contributed by atoms with Crippen LogP contribution in [0.15, 0.2) is 57.3 Å². The molecule has 0 spiro atoms. The molecular weight excluding hydrogens is 317 g/mol. The Balaban J connectivity index is 1.77. The lowest BCUT2D eigenvalue weighted by Crippen LogP contribution is -2.30. The molecule has 1 amide bonds. The van der Waals surface area contributed by atoms with Gasteiger partial charge >= 0.3 is 0 Å². The third-order valence-corrected chi connectivity index (χ3v) is 4.32. The van der Waals surface area contributed by atoms with Crippen LogP contribution in [0.1, 0.15) is 18.2 Å². The van der Waals surface area contributed by atoms with Crippen molar-refractivity contribution in [1.82, 2.24) is 4.90 Å². The molecule has 1 unspecified atom stereocenters. The number of carbonyl (C=O) groups is 1. The molecule has 7 heteroatoms. The first-order valence-corrected chi connectivity index (χ1v) is 7.88. The Labute approximate surface area is 136 Å². The van der Waals surface area contributed by atoms with Crippen LogP contribution in [0.3, 0.4) is 0 Å². The molecule has 0 radical (unpaired) electrons. The van der Waals surface area contributed by atoms with Crippen LogP contribution >= 0.6 is 11.8 Å². The number of amides is 1. The van der Waals surface area contributed by atoms with Crippen LogP contribution in [-0.4, -0.2) is 27.4 Å². The van der Waals surface area contributed by atoms with Gasteiger partial charge < -0.3 is 4.42 Å². The fourth-order valence-corrected chi connectivity index (χ4v) is 3.00. The van der Waals surface area contributed by atoms with Crippen molar-refractivity contribution in [3.05, 3.63) is 59.8 Å². The standard InChI is InChI=1S/C16H14FN3O2S/c1-11-15(21)20(10-12-4-6-13(17)7-5-12)16(23-11)19-18-9-14-3-2-8-22-14/h2-9,11H,10H2,1H3/b18-9+,19-16?. The molecule has 0 bridgehead atoms. The van der Waals surface area contributed by atoms with Crippen LogP contribution in [0, 0.1) is 5.82 Å². The van der Waals surface area contributed by atoms with Gasteiger partial charge in [-0.1, -0.05) is 23.9 Å². The maximum absolute atomic E-state index is 13.0. The first kappa shape index (κ1) is 15.5. The van der Waals surface area contributed by atoms with E-state index in [0.717, 1.165) is 5.56 Å². The lowest BCUT2D eigenvalue weighted by Gasteiger charge is -2.15. The van der Waals surface area contributed by atoms with Crippen molar-refractivity contribution in [1.29, 1.82) is 0 Å². The van der Waals surface area contributed by atoms with E-state index >= 15 is 0 Å². The van der Waals surface area contributed by atoms with Crippen molar-refractivity contribution in [2.24, 2.45) is 10.2 Å². The van der Waals surface area contributed by atoms with E-state index in [1.54, 1.807) is 35.4 Å². The quantitative estimate of drug-likeness (QED) is 0.638. The maximum atomic E-state index is 13.0. The summed E-state index contributed by atoms with van der Waals surface area (Å²) < 4.78 is 18.1. The summed E-state index contributed by atoms with van der Waals surface area (Å²) in [5, 5.41) is 8.39. The average Bonchev–Trinajstić information content (AvgIpc) is 3.14. The van der Waals surface area contributed by atoms with Gasteiger partial charge in [0, 0.05) is 0 Å². The van der Waals surface area contributed by atoms with Crippen molar-refractivity contribution < 1.29 is 13.6 Å². The van der Waals surface area contributed by atoms with Crippen molar-refractivity contribution in [3.8, 4) is 0 Å². The number of halogens is 1. The van der Waals surface area contributed by atoms with Gasteiger partial charge in [-0.05, 0) is 36.8 Å². The van der Waals surface area contributed by atoms with Crippen LogP contribution < -0.4 is 0 Å². The van der Waals surface area contributed by atoms with E-state index in [1.165, 1.54) is 30.1 Å². The smallest absolute Gasteiger partial charge is 0.242 e. The SMILES string of the molecule is CC1SC(=N/N=C/c2ccco2)N(Cc2ccc(F)cc2)C1=O. The Kier molecular flexibility index (Phi) is 4.57. The molecule has 1 fully saturated rings. The summed E-state index contributed by atoms with van der Waals surface area (Å²) in [6.45, 7) is 2.16. The number of thioether (sulfide) groups is 1. The van der Waals surface area contributed by atoms with E-state index in [4.69, 9.17) is 4.42 Å². The predicted molar refractivity (Wildman–Crippen MR) is 87.7 cm³/mol. The Hall–Kier alpha value is -2.41. The second kappa shape index (κ2) is 6.78. The highest BCUT2D eigenvalue weighted by Crippen LogP contribution is 2.28. The maximum Gasteiger partial charge on any atom is 0.242 e. The van der Waals surface area contributed by atoms with Gasteiger partial charge in [0.1, 0.15) is 11.6 Å². The van der Waals surface area contributed by atoms with Crippen molar-refractivity contribution in [2.75, 3.05) is 0 Å². The lowest BCUT2D eigenvalue weighted by molar-refractivity contribution is -0.126. The van der Waals surface area contributed by atoms with Crippen molar-refractivity contribution >= 4 is 29.1 Å². The molecule has 1 saturated heterocycles. The number of benzene rings is 1. The summed E-state index contributed by atoms with van der Waals surface area (Å²) in [4.78, 5) is 13.8. The van der Waals surface area contributed by atoms with Crippen LogP contribution in [0.5, 0.6) is 0 Å². The van der Waals surface area contributed by atoms with E-state index in [1.807, 2.05) is 6.92 Å². The summed E-state index contributed by atoms with van der Waals surface area (Å²) >= 11 is 1.35. The number of amidine groups is 1. The Morgan fingerprint density at radius 3 is 2.83 bits per heavy atom. The molecular formula is C16H14FN3O2S. The number of carbonyl (C=O) groups excluding carboxylic acids is 1. The van der Waals surface area contributed by atoms with E-state index in [-0.39, 0.29) is 17.0 Å². The summed E-state index contributed by atoms with van der Waals surface area (Å²) in [6, 6.07) is 9.57. The number of hydrogen-bond donors (Lipinski definition) is 0. The molecule has 2 aromatic rings. The molecule has 118 valence electrons. The highest BCUT2D eigenvalue weighted by Gasteiger charge is 2.35. The summed E-state index contributed by atoms with van der Waals surface area (Å²) in [6.07, 6.45) is 3.03. The van der Waals surface area contributed by atoms with E-state index in [0.29, 0.717) is 17.5 Å². The molecule has 1 aliphatic rings. The molecule has 5 nitrogen and oxygen atoms in total. The van der Waals surface area contributed by atoms with Crippen LogP contribution in [0.25, 0.3) is 0 Å². The fourth-order valence-electron chi connectivity index (χ4n) is 2.08. The third-order valence-electron chi connectivity index (χ3n) is 3.25. The molecule has 1 aromatic heterocycles. The molecule has 23 heavy (non-hydrogen) atoms. The normalized spacial score (nSPS) is 20.1. The van der Waals surface area contributed by atoms with Crippen LogP contribution in [-0.2, 0) is 11.3 Å². The minimum atomic E-state index is -0.304. The average molecular weight is 331 g/mol. The predicted octanol–water partition coefficient (Wildman–Crippen LogP) is 3.27. The molecule has 1 atom stereocenters. The first-order chi connectivity index (χ1) is 11.1. The highest BCUT2D eigenvalue weighted by atomic mass is 32.2. The zero-order valence-electron chi connectivity index (χ0n) is 12.3. The largest absolute Gasteiger partial charge is 0.463 e. The lowest BCUT2D eigenvalue weighted by atomic mass is 10.2. The van der Waals surface area contributed by atoms with E-state index in [2.05, 4.69) is 10.2 Å². The third kappa shape index (κ3) is 3.68. The fraction of sp³-hybridized carbons (Fsp3) is 0.188. The first-order valence-electron chi connectivity index (χ1n) is 7.00. The monoisotopic (exact) mass is 331 g/mol. The Bertz CT molecular complexity index is 741. The van der Waals surface area contributed by atoms with E-state index in [9.17, 15) is 9.18 Å². The number of rotatable bonds is 4. The number of furan rings is 1. The molecule has 0 N–H and O–H groups in total. The summed E-state index contributed by atoms with van der Waals surface area (Å²) in [5.74, 6) is 0.245. The molecule has 3 rings (SSSR count). The van der Waals surface area contributed by atoms with Gasteiger partial charge in [0.25, 0.3) is 0 Å². The highest BCUT2D eigenvalue weighted by molar-refractivity contribution is 8.15. The molecule has 2 heterocycles. The topological polar surface area (TPSA) is 58.2 Å². The van der Waals surface area contributed by atoms with Gasteiger partial charge in [0.05, 0.1) is 24.3 Å². The zero-order chi connectivity index (χ0) is 16.2. The second-order valence-corrected chi connectivity index (χ2v) is 6.26. The Morgan fingerprint density at radius 1 is 1.35 bits per heavy atom. The molecule has 1 aromatic carbocycles. The van der Waals surface area contributed by atoms with Gasteiger partial charge in [-0.15, -0.1) is 5.10 Å². The van der Waals surface area contributed by atoms with Crippen molar-refractivity contribution in [2.45, 2.75) is 18.7 Å². The van der Waals surface area contributed by atoms with Crippen molar-refractivity contribution in [3.63, 3.8) is 0 Å². The summed E-state index contributed by atoms with van der Waals surface area (Å²) in [7, 11) is 0. The van der Waals surface area contributed by atoms with Gasteiger partial charge in [-0.2, -0.15) is 5.10 Å².